The third-order valence-corrected chi connectivity index (χ3v) is 7.01. The van der Waals surface area contributed by atoms with Gasteiger partial charge in [-0.05, 0) is 61.7 Å². The molecule has 2 aromatic carbocycles. The minimum Gasteiger partial charge on any atom is -0.325 e. The van der Waals surface area contributed by atoms with Gasteiger partial charge in [0.25, 0.3) is 0 Å². The molecule has 7 heteroatoms. The quantitative estimate of drug-likeness (QED) is 0.808. The van der Waals surface area contributed by atoms with Crippen molar-refractivity contribution in [1.82, 2.24) is 9.21 Å². The molecule has 28 heavy (non-hydrogen) atoms. The fourth-order valence-electron chi connectivity index (χ4n) is 3.64. The number of nitrogens with zero attached hydrogens (tertiary/aromatic N) is 2. The van der Waals surface area contributed by atoms with Crippen LogP contribution in [0.4, 0.5) is 5.69 Å². The SMILES string of the molecule is CN(CC(=O)Nc1ccc(S(=O)(=O)N(C)C)cc1)C1CCCc2ccccc21. The van der Waals surface area contributed by atoms with Crippen LogP contribution in [0.25, 0.3) is 0 Å². The van der Waals surface area contributed by atoms with Crippen LogP contribution in [0.2, 0.25) is 0 Å². The molecule has 1 N–H and O–H groups in total. The highest BCUT2D eigenvalue weighted by atomic mass is 32.2. The van der Waals surface area contributed by atoms with E-state index in [2.05, 4.69) is 28.4 Å². The van der Waals surface area contributed by atoms with Crippen LogP contribution in [-0.2, 0) is 21.2 Å². The van der Waals surface area contributed by atoms with E-state index in [1.165, 1.54) is 37.4 Å². The maximum atomic E-state index is 12.5. The van der Waals surface area contributed by atoms with Crippen molar-refractivity contribution in [2.24, 2.45) is 0 Å². The maximum Gasteiger partial charge on any atom is 0.242 e. The first-order chi connectivity index (χ1) is 13.3. The molecule has 1 aliphatic rings. The van der Waals surface area contributed by atoms with E-state index in [1.54, 1.807) is 12.1 Å². The summed E-state index contributed by atoms with van der Waals surface area (Å²) in [6.45, 7) is 0.275. The number of carbonyl (C=O) groups is 1. The molecule has 1 atom stereocenters. The predicted molar refractivity (Wildman–Crippen MR) is 111 cm³/mol. The summed E-state index contributed by atoms with van der Waals surface area (Å²) in [6, 6.07) is 14.9. The lowest BCUT2D eigenvalue weighted by Crippen LogP contribution is -2.34. The number of aryl methyl sites for hydroxylation is 1. The molecule has 2 aromatic rings. The van der Waals surface area contributed by atoms with E-state index in [9.17, 15) is 13.2 Å². The third kappa shape index (κ3) is 4.43. The van der Waals surface area contributed by atoms with Crippen molar-refractivity contribution in [1.29, 1.82) is 0 Å². The van der Waals surface area contributed by atoms with Gasteiger partial charge in [-0.3, -0.25) is 9.69 Å². The molecule has 0 saturated carbocycles. The Morgan fingerprint density at radius 1 is 1.07 bits per heavy atom. The summed E-state index contributed by atoms with van der Waals surface area (Å²) in [5.74, 6) is -0.117. The van der Waals surface area contributed by atoms with E-state index in [-0.39, 0.29) is 23.4 Å². The van der Waals surface area contributed by atoms with E-state index >= 15 is 0 Å². The van der Waals surface area contributed by atoms with Gasteiger partial charge < -0.3 is 5.32 Å². The average molecular weight is 402 g/mol. The summed E-state index contributed by atoms with van der Waals surface area (Å²) in [5.41, 5.74) is 3.26. The first-order valence-corrected chi connectivity index (χ1v) is 10.8. The van der Waals surface area contributed by atoms with Crippen LogP contribution in [0.5, 0.6) is 0 Å². The number of sulfonamides is 1. The van der Waals surface area contributed by atoms with Gasteiger partial charge in [-0.1, -0.05) is 24.3 Å². The van der Waals surface area contributed by atoms with Crippen molar-refractivity contribution >= 4 is 21.6 Å². The molecule has 150 valence electrons. The molecule has 1 amide bonds. The number of amides is 1. The third-order valence-electron chi connectivity index (χ3n) is 5.18. The Labute approximate surface area is 167 Å². The molecule has 1 aliphatic carbocycles. The summed E-state index contributed by atoms with van der Waals surface area (Å²) in [5, 5.41) is 2.85. The molecule has 0 radical (unpaired) electrons. The Morgan fingerprint density at radius 2 is 1.75 bits per heavy atom. The number of rotatable bonds is 6. The van der Waals surface area contributed by atoms with Crippen molar-refractivity contribution in [3.8, 4) is 0 Å². The van der Waals surface area contributed by atoms with Gasteiger partial charge in [0.15, 0.2) is 0 Å². The maximum absolute atomic E-state index is 12.5. The minimum atomic E-state index is -3.47. The normalized spacial score (nSPS) is 16.8. The fraction of sp³-hybridized carbons (Fsp3) is 0.381. The van der Waals surface area contributed by atoms with Gasteiger partial charge >= 0.3 is 0 Å². The summed E-state index contributed by atoms with van der Waals surface area (Å²) in [4.78, 5) is 14.8. The number of benzene rings is 2. The summed E-state index contributed by atoms with van der Waals surface area (Å²) < 4.78 is 25.4. The van der Waals surface area contributed by atoms with E-state index in [0.29, 0.717) is 5.69 Å². The first-order valence-electron chi connectivity index (χ1n) is 9.39. The summed E-state index contributed by atoms with van der Waals surface area (Å²) in [7, 11) is 1.48. The highest BCUT2D eigenvalue weighted by Crippen LogP contribution is 2.33. The number of nitrogens with one attached hydrogen (secondary N) is 1. The molecule has 3 rings (SSSR count). The van der Waals surface area contributed by atoms with Gasteiger partial charge in [-0.25, -0.2) is 12.7 Å². The first kappa shape index (κ1) is 20.5. The van der Waals surface area contributed by atoms with Gasteiger partial charge in [-0.15, -0.1) is 0 Å². The number of likely N-dealkylation sites (N-methyl/N-ethyl adjacent to an activating group) is 1. The molecule has 0 aromatic heterocycles. The second-order valence-electron chi connectivity index (χ2n) is 7.38. The lowest BCUT2D eigenvalue weighted by atomic mass is 9.87. The lowest BCUT2D eigenvalue weighted by molar-refractivity contribution is -0.117. The number of hydrogen-bond donors (Lipinski definition) is 1. The standard InChI is InChI=1S/C21H27N3O3S/c1-23(2)28(26,27)18-13-11-17(12-14-18)22-21(25)15-24(3)20-10-6-8-16-7-4-5-9-19(16)20/h4-5,7,9,11-14,20H,6,8,10,15H2,1-3H3,(H,22,25). The second kappa shape index (κ2) is 8.43. The fourth-order valence-corrected chi connectivity index (χ4v) is 4.55. The van der Waals surface area contributed by atoms with Crippen molar-refractivity contribution < 1.29 is 13.2 Å². The zero-order valence-corrected chi connectivity index (χ0v) is 17.4. The summed E-state index contributed by atoms with van der Waals surface area (Å²) in [6.07, 6.45) is 3.25. The van der Waals surface area contributed by atoms with Crippen LogP contribution >= 0.6 is 0 Å². The van der Waals surface area contributed by atoms with Crippen molar-refractivity contribution in [3.63, 3.8) is 0 Å². The highest BCUT2D eigenvalue weighted by molar-refractivity contribution is 7.89. The van der Waals surface area contributed by atoms with Gasteiger partial charge in [0.1, 0.15) is 0 Å². The lowest BCUT2D eigenvalue weighted by Gasteiger charge is -2.32. The van der Waals surface area contributed by atoms with Gasteiger partial charge in [0.05, 0.1) is 11.4 Å². The predicted octanol–water partition coefficient (Wildman–Crippen LogP) is 2.88. The molecule has 0 saturated heterocycles. The Bertz CT molecular complexity index is 940. The molecule has 6 nitrogen and oxygen atoms in total. The second-order valence-corrected chi connectivity index (χ2v) is 9.53. The van der Waals surface area contributed by atoms with Crippen LogP contribution in [0, 0.1) is 0 Å². The minimum absolute atomic E-state index is 0.117. The number of carbonyl (C=O) groups excluding carboxylic acids is 1. The topological polar surface area (TPSA) is 69.7 Å². The van der Waals surface area contributed by atoms with Crippen molar-refractivity contribution in [2.45, 2.75) is 30.2 Å². The number of hydrogen-bond acceptors (Lipinski definition) is 4. The number of fused-ring (bicyclic) bond motifs is 1. The molecule has 0 bridgehead atoms. The van der Waals surface area contributed by atoms with E-state index in [0.717, 1.165) is 23.6 Å². The van der Waals surface area contributed by atoms with Gasteiger partial charge in [0, 0.05) is 25.8 Å². The van der Waals surface area contributed by atoms with Gasteiger partial charge in [-0.2, -0.15) is 0 Å². The smallest absolute Gasteiger partial charge is 0.242 e. The average Bonchev–Trinajstić information content (AvgIpc) is 2.67. The van der Waals surface area contributed by atoms with Crippen LogP contribution in [0.3, 0.4) is 0 Å². The monoisotopic (exact) mass is 401 g/mol. The zero-order valence-electron chi connectivity index (χ0n) is 16.6. The molecule has 0 heterocycles. The van der Waals surface area contributed by atoms with E-state index < -0.39 is 10.0 Å². The molecule has 0 fully saturated rings. The summed E-state index contributed by atoms with van der Waals surface area (Å²) >= 11 is 0. The molecule has 1 unspecified atom stereocenters. The van der Waals surface area contributed by atoms with Crippen LogP contribution in [-0.4, -0.2) is 51.2 Å². The molecular formula is C21H27N3O3S. The molecule has 0 spiro atoms. The Hall–Kier alpha value is -2.22. The zero-order chi connectivity index (χ0) is 20.3. The number of anilines is 1. The van der Waals surface area contributed by atoms with E-state index in [1.807, 2.05) is 13.1 Å². The van der Waals surface area contributed by atoms with Crippen molar-refractivity contribution in [2.75, 3.05) is 33.0 Å². The van der Waals surface area contributed by atoms with E-state index in [4.69, 9.17) is 0 Å². The highest BCUT2D eigenvalue weighted by Gasteiger charge is 2.24. The Balaban J connectivity index is 1.63. The molecule has 0 aliphatic heterocycles. The van der Waals surface area contributed by atoms with Crippen molar-refractivity contribution in [3.05, 3.63) is 59.7 Å². The van der Waals surface area contributed by atoms with Crippen LogP contribution in [0.1, 0.15) is 30.0 Å². The molecular weight excluding hydrogens is 374 g/mol. The Kier molecular flexibility index (Phi) is 6.17. The Morgan fingerprint density at radius 3 is 2.43 bits per heavy atom. The van der Waals surface area contributed by atoms with Crippen LogP contribution in [0.15, 0.2) is 53.4 Å². The largest absolute Gasteiger partial charge is 0.325 e. The van der Waals surface area contributed by atoms with Gasteiger partial charge in [0.2, 0.25) is 15.9 Å². The van der Waals surface area contributed by atoms with Crippen LogP contribution < -0.4 is 5.32 Å².